The standard InChI is InChI=1S/C10H3Cl3/c11-8-5-9(12)10(13)7-4-2-1-3-6(7)8/h1,3-4H. The quantitative estimate of drug-likeness (QED) is 0.587. The molecule has 0 saturated carbocycles. The molecule has 0 aliphatic heterocycles. The highest BCUT2D eigenvalue weighted by molar-refractivity contribution is 6.47. The van der Waals surface area contributed by atoms with Crippen molar-refractivity contribution in [2.75, 3.05) is 0 Å². The van der Waals surface area contributed by atoms with Crippen molar-refractivity contribution in [2.45, 2.75) is 0 Å². The van der Waals surface area contributed by atoms with Gasteiger partial charge in [0.2, 0.25) is 0 Å². The fourth-order valence-electron chi connectivity index (χ4n) is 1.14. The van der Waals surface area contributed by atoms with Crippen molar-refractivity contribution in [3.8, 4) is 0 Å². The lowest BCUT2D eigenvalue weighted by Crippen LogP contribution is -1.78. The van der Waals surface area contributed by atoms with Gasteiger partial charge in [0.15, 0.2) is 0 Å². The van der Waals surface area contributed by atoms with Crippen molar-refractivity contribution in [1.29, 1.82) is 0 Å². The molecule has 0 unspecified atom stereocenters. The van der Waals surface area contributed by atoms with Crippen molar-refractivity contribution in [2.24, 2.45) is 0 Å². The normalized spacial score (nSPS) is 10.7. The Morgan fingerprint density at radius 1 is 1.00 bits per heavy atom. The fourth-order valence-corrected chi connectivity index (χ4v) is 1.85. The van der Waals surface area contributed by atoms with E-state index in [0.29, 0.717) is 15.1 Å². The topological polar surface area (TPSA) is 0 Å². The monoisotopic (exact) mass is 228 g/mol. The summed E-state index contributed by atoms with van der Waals surface area (Å²) in [4.78, 5) is 0. The zero-order valence-corrected chi connectivity index (χ0v) is 8.63. The molecule has 2 rings (SSSR count). The van der Waals surface area contributed by atoms with Crippen molar-refractivity contribution >= 4 is 45.6 Å². The summed E-state index contributed by atoms with van der Waals surface area (Å²) in [5, 5.41) is 2.95. The van der Waals surface area contributed by atoms with Crippen LogP contribution in [0, 0.1) is 12.1 Å². The summed E-state index contributed by atoms with van der Waals surface area (Å²) < 4.78 is 0. The summed E-state index contributed by atoms with van der Waals surface area (Å²) in [5.41, 5.74) is 0. The maximum atomic E-state index is 5.96. The van der Waals surface area contributed by atoms with Gasteiger partial charge in [-0.05, 0) is 12.1 Å². The molecule has 0 aliphatic carbocycles. The number of rotatable bonds is 0. The van der Waals surface area contributed by atoms with Crippen molar-refractivity contribution in [1.82, 2.24) is 0 Å². The van der Waals surface area contributed by atoms with E-state index < -0.39 is 0 Å². The van der Waals surface area contributed by atoms with Crippen LogP contribution in [0.4, 0.5) is 0 Å². The Labute approximate surface area is 91.0 Å². The largest absolute Gasteiger partial charge is 0.0829 e. The van der Waals surface area contributed by atoms with E-state index in [-0.39, 0.29) is 0 Å². The molecule has 2 aromatic carbocycles. The van der Waals surface area contributed by atoms with Gasteiger partial charge in [-0.15, -0.1) is 0 Å². The van der Waals surface area contributed by atoms with Crippen molar-refractivity contribution < 1.29 is 0 Å². The van der Waals surface area contributed by atoms with Crippen LogP contribution in [0.25, 0.3) is 10.8 Å². The van der Waals surface area contributed by atoms with Crippen molar-refractivity contribution in [3.05, 3.63) is 45.4 Å². The molecule has 0 amide bonds. The lowest BCUT2D eigenvalue weighted by atomic mass is 10.1. The second-order valence-corrected chi connectivity index (χ2v) is 3.67. The summed E-state index contributed by atoms with van der Waals surface area (Å²) in [6, 6.07) is 11.0. The maximum absolute atomic E-state index is 5.96. The Morgan fingerprint density at radius 2 is 1.77 bits per heavy atom. The van der Waals surface area contributed by atoms with E-state index in [1.807, 2.05) is 6.07 Å². The first-order chi connectivity index (χ1) is 6.20. The number of hydrogen-bond acceptors (Lipinski definition) is 0. The van der Waals surface area contributed by atoms with Crippen LogP contribution in [-0.4, -0.2) is 0 Å². The number of fused-ring (bicyclic) bond motifs is 1. The Kier molecular flexibility index (Phi) is 2.37. The Morgan fingerprint density at radius 3 is 2.54 bits per heavy atom. The molecule has 3 heteroatoms. The molecule has 0 nitrogen and oxygen atoms in total. The number of benzene rings is 2. The van der Waals surface area contributed by atoms with E-state index in [0.717, 1.165) is 10.8 Å². The van der Waals surface area contributed by atoms with Crippen LogP contribution in [-0.2, 0) is 0 Å². The van der Waals surface area contributed by atoms with Gasteiger partial charge in [-0.1, -0.05) is 46.9 Å². The molecule has 0 N–H and O–H groups in total. The van der Waals surface area contributed by atoms with Crippen LogP contribution in [0.5, 0.6) is 0 Å². The summed E-state index contributed by atoms with van der Waals surface area (Å²) in [5.74, 6) is 0. The highest BCUT2D eigenvalue weighted by Gasteiger charge is 2.07. The Balaban J connectivity index is 2.97. The van der Waals surface area contributed by atoms with Crippen LogP contribution in [0.2, 0.25) is 15.1 Å². The van der Waals surface area contributed by atoms with E-state index in [4.69, 9.17) is 34.8 Å². The minimum Gasteiger partial charge on any atom is -0.0829 e. The van der Waals surface area contributed by atoms with Gasteiger partial charge in [0, 0.05) is 16.8 Å². The van der Waals surface area contributed by atoms with Crippen LogP contribution < -0.4 is 0 Å². The summed E-state index contributed by atoms with van der Waals surface area (Å²) in [6.07, 6.45) is 0. The predicted octanol–water partition coefficient (Wildman–Crippen LogP) is 4.40. The second kappa shape index (κ2) is 3.38. The van der Waals surface area contributed by atoms with Gasteiger partial charge in [-0.2, -0.15) is 0 Å². The molecule has 0 aliphatic rings. The minimum atomic E-state index is 0.346. The highest BCUT2D eigenvalue weighted by Crippen LogP contribution is 2.34. The maximum Gasteiger partial charge on any atom is 0.0693 e. The SMILES string of the molecule is Clc1[c]c(Cl)c2cc[c]cc2c1Cl. The van der Waals surface area contributed by atoms with E-state index in [9.17, 15) is 0 Å². The van der Waals surface area contributed by atoms with E-state index in [1.165, 1.54) is 0 Å². The lowest BCUT2D eigenvalue weighted by Gasteiger charge is -2.03. The molecule has 2 radical (unpaired) electrons. The third-order valence-electron chi connectivity index (χ3n) is 1.75. The van der Waals surface area contributed by atoms with Gasteiger partial charge in [0.25, 0.3) is 0 Å². The molecule has 0 spiro atoms. The predicted molar refractivity (Wildman–Crippen MR) is 56.7 cm³/mol. The van der Waals surface area contributed by atoms with Gasteiger partial charge in [-0.25, -0.2) is 0 Å². The van der Waals surface area contributed by atoms with E-state index >= 15 is 0 Å². The average Bonchev–Trinajstić information content (AvgIpc) is 2.15. The van der Waals surface area contributed by atoms with E-state index in [1.54, 1.807) is 12.1 Å². The molecular weight excluding hydrogens is 226 g/mol. The fraction of sp³-hybridized carbons (Fsp3) is 0. The molecule has 64 valence electrons. The van der Waals surface area contributed by atoms with Gasteiger partial charge in [0.1, 0.15) is 0 Å². The van der Waals surface area contributed by atoms with Crippen LogP contribution >= 0.6 is 34.8 Å². The first-order valence-corrected chi connectivity index (χ1v) is 4.69. The van der Waals surface area contributed by atoms with Gasteiger partial charge in [0.05, 0.1) is 15.1 Å². The Bertz CT molecular complexity index is 463. The third kappa shape index (κ3) is 1.50. The number of halogens is 3. The van der Waals surface area contributed by atoms with Crippen LogP contribution in [0.3, 0.4) is 0 Å². The zero-order valence-electron chi connectivity index (χ0n) is 6.37. The first kappa shape index (κ1) is 9.14. The number of hydrogen-bond donors (Lipinski definition) is 0. The molecule has 0 heterocycles. The zero-order chi connectivity index (χ0) is 9.42. The van der Waals surface area contributed by atoms with Crippen LogP contribution in [0.15, 0.2) is 18.2 Å². The average molecular weight is 229 g/mol. The summed E-state index contributed by atoms with van der Waals surface area (Å²) in [7, 11) is 0. The lowest BCUT2D eigenvalue weighted by molar-refractivity contribution is 1.72. The smallest absolute Gasteiger partial charge is 0.0693 e. The molecule has 0 aromatic heterocycles. The van der Waals surface area contributed by atoms with Gasteiger partial charge >= 0.3 is 0 Å². The van der Waals surface area contributed by atoms with Gasteiger partial charge < -0.3 is 0 Å². The molecule has 2 aromatic rings. The first-order valence-electron chi connectivity index (χ1n) is 3.55. The third-order valence-corrected chi connectivity index (χ3v) is 2.82. The molecule has 0 atom stereocenters. The van der Waals surface area contributed by atoms with E-state index in [2.05, 4.69) is 12.1 Å². The van der Waals surface area contributed by atoms with Crippen molar-refractivity contribution in [3.63, 3.8) is 0 Å². The molecule has 0 bridgehead atoms. The minimum absolute atomic E-state index is 0.346. The molecule has 13 heavy (non-hydrogen) atoms. The van der Waals surface area contributed by atoms with Crippen LogP contribution in [0.1, 0.15) is 0 Å². The molecule has 0 fully saturated rings. The molecule has 0 saturated heterocycles. The molecular formula is C10H3Cl3. The Hall–Kier alpha value is -0.430. The highest BCUT2D eigenvalue weighted by atomic mass is 35.5. The summed E-state index contributed by atoms with van der Waals surface area (Å²) >= 11 is 17.7. The van der Waals surface area contributed by atoms with Gasteiger partial charge in [-0.3, -0.25) is 0 Å². The summed E-state index contributed by atoms with van der Waals surface area (Å²) in [6.45, 7) is 0. The second-order valence-electron chi connectivity index (χ2n) is 2.54.